The van der Waals surface area contributed by atoms with Crippen molar-refractivity contribution in [1.29, 1.82) is 0 Å². The van der Waals surface area contributed by atoms with Gasteiger partial charge in [-0.15, -0.1) is 9.97 Å². The summed E-state index contributed by atoms with van der Waals surface area (Å²) in [5.74, 6) is 2.74. The van der Waals surface area contributed by atoms with Gasteiger partial charge in [-0.3, -0.25) is 0 Å². The fourth-order valence-electron chi connectivity index (χ4n) is 9.67. The van der Waals surface area contributed by atoms with Crippen molar-refractivity contribution >= 4 is 52.2 Å². The van der Waals surface area contributed by atoms with Gasteiger partial charge in [-0.25, -0.2) is 29.8 Å². The number of aromatic nitrogens is 2. The van der Waals surface area contributed by atoms with E-state index in [0.29, 0.717) is 49.5 Å². The van der Waals surface area contributed by atoms with E-state index in [1.54, 1.807) is 26.2 Å². The molecule has 2 aromatic carbocycles. The smallest absolute Gasteiger partial charge is 0.486 e. The normalized spacial score (nSPS) is 27.4. The number of pyridine rings is 2. The second-order valence-corrected chi connectivity index (χ2v) is 19.3. The van der Waals surface area contributed by atoms with Gasteiger partial charge in [0.2, 0.25) is 23.4 Å². The molecular formula is C46H52BBrN10O8. The van der Waals surface area contributed by atoms with Gasteiger partial charge in [0.1, 0.15) is 22.7 Å². The topological polar surface area (TPSA) is 214 Å². The highest BCUT2D eigenvalue weighted by atomic mass is 79.9. The van der Waals surface area contributed by atoms with Crippen LogP contribution in [0.15, 0.2) is 87.3 Å². The quantitative estimate of drug-likeness (QED) is 0.135. The van der Waals surface area contributed by atoms with Gasteiger partial charge in [0.25, 0.3) is 11.6 Å². The number of nitrogens with zero attached hydrogens (tertiary/aromatic N) is 8. The third-order valence-corrected chi connectivity index (χ3v) is 12.7. The summed E-state index contributed by atoms with van der Waals surface area (Å²) in [4.78, 5) is 36.4. The van der Waals surface area contributed by atoms with E-state index in [1.807, 2.05) is 48.5 Å². The van der Waals surface area contributed by atoms with E-state index in [1.165, 1.54) is 22.3 Å². The highest BCUT2D eigenvalue weighted by Gasteiger charge is 2.58. The molecule has 0 amide bonds. The molecule has 344 valence electrons. The molecule has 0 aliphatic carbocycles. The number of benzene rings is 2. The van der Waals surface area contributed by atoms with Crippen LogP contribution in [0, 0.1) is 13.1 Å². The van der Waals surface area contributed by atoms with Crippen LogP contribution in [0.4, 0.5) is 11.6 Å². The Labute approximate surface area is 392 Å². The van der Waals surface area contributed by atoms with Crippen LogP contribution >= 0.6 is 15.9 Å². The molecule has 8 heterocycles. The van der Waals surface area contributed by atoms with Crippen LogP contribution < -0.4 is 26.5 Å². The van der Waals surface area contributed by atoms with Gasteiger partial charge in [-0.2, -0.15) is 0 Å². The van der Waals surface area contributed by atoms with Crippen molar-refractivity contribution in [2.75, 3.05) is 27.3 Å². The van der Waals surface area contributed by atoms with Gasteiger partial charge in [-0.05, 0) is 88.4 Å². The Morgan fingerprint density at radius 1 is 0.682 bits per heavy atom. The fraction of sp³-hybridized carbons (Fsp3) is 0.435. The molecule has 0 saturated carbocycles. The van der Waals surface area contributed by atoms with Crippen LogP contribution in [0.1, 0.15) is 77.3 Å². The number of halogens is 1. The van der Waals surface area contributed by atoms with E-state index in [9.17, 15) is 0 Å². The maximum absolute atomic E-state index is 8.63. The van der Waals surface area contributed by atoms with E-state index < -0.39 is 24.2 Å². The lowest BCUT2D eigenvalue weighted by atomic mass is 9.75. The molecule has 4 atom stereocenters. The first-order valence-corrected chi connectivity index (χ1v) is 22.2. The molecule has 4 aromatic rings. The maximum Gasteiger partial charge on any atom is 0.533 e. The predicted molar refractivity (Wildman–Crippen MR) is 249 cm³/mol. The van der Waals surface area contributed by atoms with Gasteiger partial charge < -0.3 is 50.2 Å². The number of aliphatic imine (C=N–C) groups is 2. The first-order chi connectivity index (χ1) is 31.2. The fourth-order valence-corrected chi connectivity index (χ4v) is 10.0. The standard InChI is InChI=1S/C23H25N5O3.C17H22BrN3O3.C6H5BN2O2/c1-21(2)13-22(10-11-29-21)14-23(27-20(24)28(4)31-23)16-12-15(8-9-18(16)30-22)17-6-5-7-19(25-3)26-17;1-15(2)9-16(6-7-22-15)10-17(20-14(19)21(3)24-17)12-8-11(18)4-5-13(12)23-16;1-8-6-4-2-3-5(9-6)7(10)11/h5-9,12H,10-11,13-14H2,1-2,4H3,(H2,24,27);4-5,8H,6-7,9-10H2,1-3H3,(H2,19,20);2-4,10-11H. The van der Waals surface area contributed by atoms with Crippen molar-refractivity contribution in [3.63, 3.8) is 0 Å². The van der Waals surface area contributed by atoms with E-state index in [2.05, 4.69) is 63.3 Å². The van der Waals surface area contributed by atoms with Crippen molar-refractivity contribution < 1.29 is 38.7 Å². The average molecular weight is 964 g/mol. The Morgan fingerprint density at radius 3 is 1.67 bits per heavy atom. The van der Waals surface area contributed by atoms with Gasteiger partial charge in [-0.1, -0.05) is 41.2 Å². The van der Waals surface area contributed by atoms with E-state index in [4.69, 9.17) is 73.3 Å². The molecule has 2 saturated heterocycles. The minimum absolute atomic E-state index is 0.0958. The lowest BCUT2D eigenvalue weighted by molar-refractivity contribution is -0.225. The molecule has 4 spiro atoms. The molecule has 0 radical (unpaired) electrons. The van der Waals surface area contributed by atoms with Gasteiger partial charge >= 0.3 is 7.12 Å². The summed E-state index contributed by atoms with van der Waals surface area (Å²) in [6, 6.07) is 21.7. The SMILES string of the molecule is CN1OC2(CC3(CCOC(C)(C)C3)Oc3ccc(Br)cc32)N=C1N.[C-]#[N+]c1cccc(-c2ccc3c(c2)C2(CC4(CCOC(C)(C)C4)O3)N=C(N)N(C)O2)n1.[C-]#[N+]c1cccc(B(O)O)n1. The van der Waals surface area contributed by atoms with Gasteiger partial charge in [0.15, 0.2) is 11.3 Å². The molecule has 18 nitrogen and oxygen atoms in total. The zero-order valence-electron chi connectivity index (χ0n) is 37.6. The third-order valence-electron chi connectivity index (χ3n) is 12.2. The molecule has 6 aliphatic rings. The number of fused-ring (bicyclic) bond motifs is 4. The number of hydroxylamine groups is 4. The van der Waals surface area contributed by atoms with Crippen LogP contribution in [-0.2, 0) is 30.6 Å². The van der Waals surface area contributed by atoms with E-state index >= 15 is 0 Å². The van der Waals surface area contributed by atoms with Crippen molar-refractivity contribution in [3.05, 3.63) is 111 Å². The Balaban J connectivity index is 0.000000149. The highest BCUT2D eigenvalue weighted by Crippen LogP contribution is 2.55. The zero-order valence-corrected chi connectivity index (χ0v) is 39.2. The number of hydrogen-bond donors (Lipinski definition) is 4. The monoisotopic (exact) mass is 962 g/mol. The van der Waals surface area contributed by atoms with Crippen molar-refractivity contribution in [3.8, 4) is 22.8 Å². The highest BCUT2D eigenvalue weighted by molar-refractivity contribution is 9.10. The van der Waals surface area contributed by atoms with Crippen molar-refractivity contribution in [2.45, 2.75) is 100 Å². The maximum atomic E-state index is 8.63. The van der Waals surface area contributed by atoms with Crippen LogP contribution in [0.25, 0.3) is 20.9 Å². The van der Waals surface area contributed by atoms with E-state index in [0.717, 1.165) is 58.3 Å². The number of guanidine groups is 2. The zero-order chi connectivity index (χ0) is 47.3. The van der Waals surface area contributed by atoms with Gasteiger partial charge in [0, 0.05) is 62.7 Å². The molecule has 6 aliphatic heterocycles. The molecule has 2 fully saturated rings. The summed E-state index contributed by atoms with van der Waals surface area (Å²) in [5, 5.41) is 20.3. The minimum atomic E-state index is -1.60. The molecule has 6 N–H and O–H groups in total. The lowest BCUT2D eigenvalue weighted by Gasteiger charge is -2.50. The number of hydrogen-bond acceptors (Lipinski definition) is 16. The lowest BCUT2D eigenvalue weighted by Crippen LogP contribution is -2.55. The van der Waals surface area contributed by atoms with Crippen LogP contribution in [-0.4, -0.2) is 98.9 Å². The summed E-state index contributed by atoms with van der Waals surface area (Å²) in [6.07, 6.45) is 4.19. The van der Waals surface area contributed by atoms with Crippen LogP contribution in [0.3, 0.4) is 0 Å². The number of rotatable bonds is 2. The second kappa shape index (κ2) is 17.4. The third kappa shape index (κ3) is 9.40. The second-order valence-electron chi connectivity index (χ2n) is 18.4. The van der Waals surface area contributed by atoms with Crippen molar-refractivity contribution in [2.24, 2.45) is 21.5 Å². The van der Waals surface area contributed by atoms with E-state index in [-0.39, 0.29) is 28.2 Å². The van der Waals surface area contributed by atoms with Gasteiger partial charge in [0.05, 0.1) is 35.5 Å². The molecule has 20 heteroatoms. The first kappa shape index (κ1) is 46.7. The molecular weight excluding hydrogens is 911 g/mol. The van der Waals surface area contributed by atoms with Crippen LogP contribution in [0.5, 0.6) is 11.5 Å². The summed E-state index contributed by atoms with van der Waals surface area (Å²) < 4.78 is 25.9. The average Bonchev–Trinajstić information content (AvgIpc) is 3.71. The molecule has 66 heavy (non-hydrogen) atoms. The van der Waals surface area contributed by atoms with Crippen LogP contribution in [0.2, 0.25) is 0 Å². The molecule has 10 rings (SSSR count). The Kier molecular flexibility index (Phi) is 12.3. The molecule has 2 aromatic heterocycles. The summed E-state index contributed by atoms with van der Waals surface area (Å²) >= 11 is 3.53. The number of ether oxygens (including phenoxy) is 4. The molecule has 4 unspecified atom stereocenters. The predicted octanol–water partition coefficient (Wildman–Crippen LogP) is 5.97. The van der Waals surface area contributed by atoms with Crippen molar-refractivity contribution in [1.82, 2.24) is 20.1 Å². The Hall–Kier alpha value is -5.84. The summed E-state index contributed by atoms with van der Waals surface area (Å²) in [5.41, 5.74) is 12.3. The molecule has 0 bridgehead atoms. The largest absolute Gasteiger partial charge is 0.533 e. The summed E-state index contributed by atoms with van der Waals surface area (Å²) in [7, 11) is 1.94. The Bertz CT molecular complexity index is 2680. The first-order valence-electron chi connectivity index (χ1n) is 21.4. The number of nitrogens with two attached hydrogens (primary N) is 2. The minimum Gasteiger partial charge on any atom is -0.486 e. The summed E-state index contributed by atoms with van der Waals surface area (Å²) in [6.45, 7) is 23.5. The Morgan fingerprint density at radius 2 is 1.18 bits per heavy atom.